The van der Waals surface area contributed by atoms with Crippen LogP contribution in [0.3, 0.4) is 0 Å². The second-order valence-electron chi connectivity index (χ2n) is 15.8. The molecule has 0 spiro atoms. The van der Waals surface area contributed by atoms with Gasteiger partial charge in [0.05, 0.1) is 40.3 Å². The van der Waals surface area contributed by atoms with E-state index in [2.05, 4.69) is 35.3 Å². The molecule has 16 heteroatoms. The van der Waals surface area contributed by atoms with E-state index in [1.54, 1.807) is 18.3 Å². The summed E-state index contributed by atoms with van der Waals surface area (Å²) >= 11 is 6.54. The summed E-state index contributed by atoms with van der Waals surface area (Å²) in [5.74, 6) is -0.770. The first-order valence-electron chi connectivity index (χ1n) is 19.9. The number of anilines is 2. The van der Waals surface area contributed by atoms with E-state index in [1.165, 1.54) is 0 Å². The molecule has 2 aromatic heterocycles. The first-order valence-corrected chi connectivity index (χ1v) is 20.3. The Kier molecular flexibility index (Phi) is 10.1. The average Bonchev–Trinajstić information content (AvgIpc) is 3.93. The van der Waals surface area contributed by atoms with E-state index >= 15 is 0 Å². The minimum atomic E-state index is -0.984. The summed E-state index contributed by atoms with van der Waals surface area (Å²) in [5, 5.41) is 7.22. The molecule has 5 aliphatic rings. The number of aromatic nitrogens is 3. The fourth-order valence-electron chi connectivity index (χ4n) is 9.10. The number of nitrogens with zero attached hydrogens (tertiary/aromatic N) is 7. The van der Waals surface area contributed by atoms with Gasteiger partial charge in [0.1, 0.15) is 6.04 Å². The highest BCUT2D eigenvalue weighted by Crippen LogP contribution is 2.36. The number of benzene rings is 2. The zero-order chi connectivity index (χ0) is 39.2. The van der Waals surface area contributed by atoms with Crippen LogP contribution in [0, 0.1) is 5.92 Å². The third-order valence-corrected chi connectivity index (χ3v) is 12.5. The molecule has 2 aromatic carbocycles. The van der Waals surface area contributed by atoms with Gasteiger partial charge in [0.25, 0.3) is 11.8 Å². The summed E-state index contributed by atoms with van der Waals surface area (Å²) in [4.78, 5) is 86.9. The van der Waals surface area contributed by atoms with Crippen LogP contribution in [0.1, 0.15) is 52.8 Å². The predicted octanol–water partition coefficient (Wildman–Crippen LogP) is 3.23. The average molecular weight is 793 g/mol. The standard InChI is InChI=1S/C41H45ClN10O5/c42-30-21-44-41(47-37(30)29-20-43-31-6-2-1-4-27(29)31)45-26-12-15-51(23-26)35(54)24-48-13-10-25(11-14-48)22-49-16-18-50(19-17-49)32-7-3-5-28-36(32)40(57)52(39(28)56)33-8-9-34(53)46-38(33)55/h1-7,20-21,25-26,33,43H,8-19,22-24H2,(H,44,45,47)(H,46,53,55)/t26-,33?/m1/s1. The van der Waals surface area contributed by atoms with Gasteiger partial charge in [0.2, 0.25) is 23.7 Å². The zero-order valence-electron chi connectivity index (χ0n) is 31.6. The molecule has 1 unspecified atom stereocenters. The van der Waals surface area contributed by atoms with Crippen LogP contribution >= 0.6 is 11.6 Å². The number of nitrogens with one attached hydrogen (secondary N) is 3. The zero-order valence-corrected chi connectivity index (χ0v) is 32.3. The lowest BCUT2D eigenvalue weighted by atomic mass is 9.95. The molecule has 0 saturated carbocycles. The number of amides is 5. The van der Waals surface area contributed by atoms with Crippen LogP contribution in [0.15, 0.2) is 54.9 Å². The van der Waals surface area contributed by atoms with Crippen molar-refractivity contribution >= 4 is 63.7 Å². The van der Waals surface area contributed by atoms with Gasteiger partial charge in [-0.15, -0.1) is 0 Å². The molecule has 7 heterocycles. The monoisotopic (exact) mass is 792 g/mol. The molecule has 296 valence electrons. The number of carbonyl (C=O) groups excluding carboxylic acids is 5. The topological polar surface area (TPSA) is 167 Å². The van der Waals surface area contributed by atoms with Gasteiger partial charge in [-0.2, -0.15) is 0 Å². The maximum Gasteiger partial charge on any atom is 0.264 e. The normalized spacial score (nSPS) is 22.4. The van der Waals surface area contributed by atoms with Crippen molar-refractivity contribution in [3.8, 4) is 11.3 Å². The number of fused-ring (bicyclic) bond motifs is 2. The van der Waals surface area contributed by atoms with Gasteiger partial charge >= 0.3 is 0 Å². The quantitative estimate of drug-likeness (QED) is 0.213. The van der Waals surface area contributed by atoms with Crippen molar-refractivity contribution in [2.24, 2.45) is 5.92 Å². The Morgan fingerprint density at radius 3 is 2.47 bits per heavy atom. The molecule has 15 nitrogen and oxygen atoms in total. The summed E-state index contributed by atoms with van der Waals surface area (Å²) < 4.78 is 0. The number of H-pyrrole nitrogens is 1. The fraction of sp³-hybridized carbons (Fsp3) is 0.439. The van der Waals surface area contributed by atoms with Crippen LogP contribution < -0.4 is 15.5 Å². The van der Waals surface area contributed by atoms with Crippen LogP contribution in [0.5, 0.6) is 0 Å². The lowest BCUT2D eigenvalue weighted by molar-refractivity contribution is -0.136. The van der Waals surface area contributed by atoms with Gasteiger partial charge in [-0.3, -0.25) is 44.0 Å². The van der Waals surface area contributed by atoms with Gasteiger partial charge in [-0.25, -0.2) is 9.97 Å². The number of imide groups is 2. The molecule has 4 saturated heterocycles. The minimum absolute atomic E-state index is 0.0514. The van der Waals surface area contributed by atoms with Gasteiger partial charge in [-0.05, 0) is 62.9 Å². The smallest absolute Gasteiger partial charge is 0.264 e. The SMILES string of the molecule is O=C1CCC(N2C(=O)c3cccc(N4CCN(CC5CCN(CC(=O)N6CC[C@@H](Nc7ncc(Cl)c(-c8c[nH]c9ccccc89)n7)C6)CC5)CC4)c3C2=O)C(=O)N1. The lowest BCUT2D eigenvalue weighted by Gasteiger charge is -2.40. The van der Waals surface area contributed by atoms with Crippen molar-refractivity contribution in [1.82, 2.24) is 39.9 Å². The maximum atomic E-state index is 13.6. The van der Waals surface area contributed by atoms with E-state index in [9.17, 15) is 24.0 Å². The van der Waals surface area contributed by atoms with Crippen LogP contribution in [-0.2, 0) is 14.4 Å². The summed E-state index contributed by atoms with van der Waals surface area (Å²) in [7, 11) is 0. The molecule has 0 aliphatic carbocycles. The van der Waals surface area contributed by atoms with Gasteiger partial charge in [-0.1, -0.05) is 35.9 Å². The van der Waals surface area contributed by atoms with Gasteiger partial charge in [0.15, 0.2) is 0 Å². The molecule has 0 radical (unpaired) electrons. The molecule has 3 N–H and O–H groups in total. The first kappa shape index (κ1) is 37.2. The molecule has 0 bridgehead atoms. The maximum absolute atomic E-state index is 13.6. The number of halogens is 1. The fourth-order valence-corrected chi connectivity index (χ4v) is 9.29. The Balaban J connectivity index is 0.725. The van der Waals surface area contributed by atoms with Crippen LogP contribution in [-0.4, -0.2) is 142 Å². The summed E-state index contributed by atoms with van der Waals surface area (Å²) in [6.07, 6.45) is 6.64. The molecule has 4 fully saturated rings. The van der Waals surface area contributed by atoms with Crippen LogP contribution in [0.2, 0.25) is 5.02 Å². The molecule has 4 aromatic rings. The number of para-hydroxylation sites is 1. The lowest BCUT2D eigenvalue weighted by Crippen LogP contribution is -2.54. The number of hydrogen-bond donors (Lipinski definition) is 3. The Morgan fingerprint density at radius 1 is 0.860 bits per heavy atom. The van der Waals surface area contributed by atoms with Crippen molar-refractivity contribution < 1.29 is 24.0 Å². The second kappa shape index (κ2) is 15.5. The van der Waals surface area contributed by atoms with E-state index < -0.39 is 29.7 Å². The van der Waals surface area contributed by atoms with Crippen molar-refractivity contribution in [2.45, 2.75) is 44.2 Å². The van der Waals surface area contributed by atoms with Crippen molar-refractivity contribution in [1.29, 1.82) is 0 Å². The van der Waals surface area contributed by atoms with Crippen molar-refractivity contribution in [3.63, 3.8) is 0 Å². The van der Waals surface area contributed by atoms with Gasteiger partial charge < -0.3 is 20.1 Å². The molecule has 2 atom stereocenters. The Hall–Kier alpha value is -5.38. The highest BCUT2D eigenvalue weighted by atomic mass is 35.5. The molecule has 5 aliphatic heterocycles. The molecular weight excluding hydrogens is 748 g/mol. The number of rotatable bonds is 9. The summed E-state index contributed by atoms with van der Waals surface area (Å²) in [6.45, 7) is 7.55. The molecule has 9 rings (SSSR count). The molecule has 5 amide bonds. The van der Waals surface area contributed by atoms with Crippen LogP contribution in [0.4, 0.5) is 11.6 Å². The van der Waals surface area contributed by atoms with Crippen molar-refractivity contribution in [3.05, 3.63) is 71.0 Å². The summed E-state index contributed by atoms with van der Waals surface area (Å²) in [5.41, 5.74) is 3.96. The third kappa shape index (κ3) is 7.35. The van der Waals surface area contributed by atoms with E-state index in [0.717, 1.165) is 73.4 Å². The first-order chi connectivity index (χ1) is 27.7. The van der Waals surface area contributed by atoms with E-state index in [4.69, 9.17) is 16.6 Å². The molecular formula is C41H45ClN10O5. The van der Waals surface area contributed by atoms with E-state index in [0.29, 0.717) is 72.1 Å². The Morgan fingerprint density at radius 2 is 1.67 bits per heavy atom. The van der Waals surface area contributed by atoms with E-state index in [-0.39, 0.29) is 24.8 Å². The third-order valence-electron chi connectivity index (χ3n) is 12.2. The second-order valence-corrected chi connectivity index (χ2v) is 16.2. The van der Waals surface area contributed by atoms with E-state index in [1.807, 2.05) is 41.4 Å². The number of carbonyl (C=O) groups is 5. The molecule has 57 heavy (non-hydrogen) atoms. The summed E-state index contributed by atoms with van der Waals surface area (Å²) in [6, 6.07) is 12.4. The van der Waals surface area contributed by atoms with Gasteiger partial charge in [0, 0.05) is 80.9 Å². The Labute approximate surface area is 334 Å². The van der Waals surface area contributed by atoms with Crippen molar-refractivity contribution in [2.75, 3.05) is 75.7 Å². The highest BCUT2D eigenvalue weighted by Gasteiger charge is 2.46. The number of hydrogen-bond acceptors (Lipinski definition) is 11. The number of aromatic amines is 1. The van der Waals surface area contributed by atoms with Crippen LogP contribution in [0.25, 0.3) is 22.2 Å². The largest absolute Gasteiger partial charge is 0.368 e. The number of piperazine rings is 1. The Bertz CT molecular complexity index is 2250. The highest BCUT2D eigenvalue weighted by molar-refractivity contribution is 6.33. The predicted molar refractivity (Wildman–Crippen MR) is 214 cm³/mol. The number of likely N-dealkylation sites (tertiary alicyclic amines) is 2. The number of piperidine rings is 2. The minimum Gasteiger partial charge on any atom is -0.368 e.